The molecule has 1 fully saturated rings. The highest BCUT2D eigenvalue weighted by Gasteiger charge is 2.46. The number of Topliss-reactive ketones (excluding diaryl/α,β-unsaturated/α-hetero) is 1. The van der Waals surface area contributed by atoms with Gasteiger partial charge in [0.15, 0.2) is 11.5 Å². The van der Waals surface area contributed by atoms with Gasteiger partial charge in [0.1, 0.15) is 5.76 Å². The van der Waals surface area contributed by atoms with E-state index in [9.17, 15) is 14.7 Å². The van der Waals surface area contributed by atoms with E-state index in [1.165, 1.54) is 19.1 Å². The molecule has 0 bridgehead atoms. The molecule has 1 aliphatic rings. The first kappa shape index (κ1) is 22.1. The van der Waals surface area contributed by atoms with Crippen molar-refractivity contribution in [3.8, 4) is 11.5 Å². The van der Waals surface area contributed by atoms with Crippen molar-refractivity contribution >= 4 is 17.4 Å². The van der Waals surface area contributed by atoms with E-state index in [1.54, 1.807) is 48.8 Å². The monoisotopic (exact) mass is 444 g/mol. The third-order valence-corrected chi connectivity index (χ3v) is 5.66. The van der Waals surface area contributed by atoms with Crippen LogP contribution in [0.25, 0.3) is 5.76 Å². The summed E-state index contributed by atoms with van der Waals surface area (Å²) in [6.45, 7) is 2.09. The van der Waals surface area contributed by atoms with Gasteiger partial charge >= 0.3 is 0 Å². The number of ketones is 1. The fraction of sp³-hybridized carbons (Fsp3) is 0.192. The Bertz CT molecular complexity index is 1220. The number of carbonyl (C=O) groups excluding carboxylic acids is 2. The van der Waals surface area contributed by atoms with E-state index in [1.807, 2.05) is 25.1 Å². The lowest BCUT2D eigenvalue weighted by Gasteiger charge is -2.26. The van der Waals surface area contributed by atoms with Crippen LogP contribution in [-0.2, 0) is 16.1 Å². The molecule has 33 heavy (non-hydrogen) atoms. The largest absolute Gasteiger partial charge is 0.507 e. The number of carbonyl (C=O) groups is 2. The van der Waals surface area contributed by atoms with Crippen molar-refractivity contribution in [3.05, 3.63) is 94.8 Å². The van der Waals surface area contributed by atoms with E-state index in [4.69, 9.17) is 9.47 Å². The second-order valence-corrected chi connectivity index (χ2v) is 7.77. The van der Waals surface area contributed by atoms with Crippen LogP contribution in [0.2, 0.25) is 0 Å². The van der Waals surface area contributed by atoms with E-state index in [0.717, 1.165) is 11.1 Å². The molecule has 168 valence electrons. The third kappa shape index (κ3) is 4.17. The minimum absolute atomic E-state index is 0.0277. The Morgan fingerprint density at radius 2 is 1.76 bits per heavy atom. The highest BCUT2D eigenvalue weighted by molar-refractivity contribution is 6.46. The van der Waals surface area contributed by atoms with Gasteiger partial charge in [-0.25, -0.2) is 0 Å². The maximum atomic E-state index is 13.2. The quantitative estimate of drug-likeness (QED) is 0.351. The number of aromatic nitrogens is 1. The van der Waals surface area contributed by atoms with Crippen molar-refractivity contribution in [1.29, 1.82) is 0 Å². The van der Waals surface area contributed by atoms with Crippen molar-refractivity contribution in [2.24, 2.45) is 0 Å². The van der Waals surface area contributed by atoms with Crippen molar-refractivity contribution < 1.29 is 24.2 Å². The number of aliphatic hydroxyl groups excluding tert-OH is 1. The molecule has 1 unspecified atom stereocenters. The van der Waals surface area contributed by atoms with E-state index < -0.39 is 17.7 Å². The Morgan fingerprint density at radius 1 is 1.03 bits per heavy atom. The van der Waals surface area contributed by atoms with Gasteiger partial charge in [0.25, 0.3) is 11.7 Å². The number of rotatable bonds is 6. The second-order valence-electron chi connectivity index (χ2n) is 7.77. The Morgan fingerprint density at radius 3 is 2.39 bits per heavy atom. The number of amides is 1. The number of ether oxygens (including phenoxy) is 2. The van der Waals surface area contributed by atoms with E-state index in [-0.39, 0.29) is 17.9 Å². The third-order valence-electron chi connectivity index (χ3n) is 5.66. The molecule has 3 aromatic rings. The molecule has 1 amide bonds. The predicted molar refractivity (Wildman–Crippen MR) is 123 cm³/mol. The Labute approximate surface area is 191 Å². The van der Waals surface area contributed by atoms with Crippen molar-refractivity contribution in [3.63, 3.8) is 0 Å². The first-order valence-corrected chi connectivity index (χ1v) is 10.4. The lowest BCUT2D eigenvalue weighted by Crippen LogP contribution is -2.29. The molecule has 2 heterocycles. The number of likely N-dealkylation sites (tertiary alicyclic amines) is 1. The van der Waals surface area contributed by atoms with Gasteiger partial charge in [0.2, 0.25) is 0 Å². The highest BCUT2D eigenvalue weighted by atomic mass is 16.5. The average molecular weight is 444 g/mol. The normalized spacial score (nSPS) is 17.3. The van der Waals surface area contributed by atoms with Crippen molar-refractivity contribution in [2.75, 3.05) is 14.2 Å². The first-order valence-electron chi connectivity index (χ1n) is 10.4. The van der Waals surface area contributed by atoms with Crippen molar-refractivity contribution in [1.82, 2.24) is 9.88 Å². The Balaban J connectivity index is 1.89. The number of methoxy groups -OCH3 is 2. The molecule has 1 atom stereocenters. The minimum atomic E-state index is -0.814. The van der Waals surface area contributed by atoms with Crippen LogP contribution in [-0.4, -0.2) is 40.9 Å². The Kier molecular flexibility index (Phi) is 6.13. The molecule has 0 spiro atoms. The molecular formula is C26H24N2O5. The lowest BCUT2D eigenvalue weighted by atomic mass is 9.94. The second kappa shape index (κ2) is 9.16. The van der Waals surface area contributed by atoms with Gasteiger partial charge in [0, 0.05) is 24.5 Å². The first-order chi connectivity index (χ1) is 15.9. The number of aryl methyl sites for hydroxylation is 1. The minimum Gasteiger partial charge on any atom is -0.507 e. The van der Waals surface area contributed by atoms with Crippen LogP contribution in [0.5, 0.6) is 11.5 Å². The fourth-order valence-corrected chi connectivity index (χ4v) is 3.97. The lowest BCUT2D eigenvalue weighted by molar-refractivity contribution is -0.140. The maximum Gasteiger partial charge on any atom is 0.295 e. The number of hydrogen-bond acceptors (Lipinski definition) is 6. The summed E-state index contributed by atoms with van der Waals surface area (Å²) in [6, 6.07) is 15.1. The summed E-state index contributed by atoms with van der Waals surface area (Å²) in [5.74, 6) is -0.674. The van der Waals surface area contributed by atoms with Gasteiger partial charge in [0.05, 0.1) is 25.8 Å². The highest BCUT2D eigenvalue weighted by Crippen LogP contribution is 2.42. The van der Waals surface area contributed by atoms with E-state index in [2.05, 4.69) is 4.98 Å². The summed E-state index contributed by atoms with van der Waals surface area (Å²) in [5.41, 5.74) is 2.88. The molecule has 4 rings (SSSR count). The molecule has 0 saturated carbocycles. The SMILES string of the molecule is COc1ccc(C2/C(=C(/O)c3ccc(C)cc3)C(=O)C(=O)N2Cc2cccnc2)cc1OC. The molecule has 0 radical (unpaired) electrons. The summed E-state index contributed by atoms with van der Waals surface area (Å²) in [6.07, 6.45) is 3.28. The van der Waals surface area contributed by atoms with Gasteiger partial charge in [-0.1, -0.05) is 42.0 Å². The number of aliphatic hydroxyl groups is 1. The van der Waals surface area contributed by atoms with Crippen LogP contribution in [0, 0.1) is 6.92 Å². The van der Waals surface area contributed by atoms with Gasteiger partial charge in [-0.2, -0.15) is 0 Å². The molecule has 1 aromatic heterocycles. The maximum absolute atomic E-state index is 13.2. The van der Waals surface area contributed by atoms with Crippen molar-refractivity contribution in [2.45, 2.75) is 19.5 Å². The fourth-order valence-electron chi connectivity index (χ4n) is 3.97. The number of hydrogen-bond donors (Lipinski definition) is 1. The number of pyridine rings is 1. The summed E-state index contributed by atoms with van der Waals surface area (Å²) < 4.78 is 10.8. The van der Waals surface area contributed by atoms with Crippen LogP contribution >= 0.6 is 0 Å². The molecule has 7 nitrogen and oxygen atoms in total. The molecule has 2 aromatic carbocycles. The summed E-state index contributed by atoms with van der Waals surface area (Å²) in [7, 11) is 3.05. The van der Waals surface area contributed by atoms with Gasteiger partial charge in [-0.15, -0.1) is 0 Å². The summed E-state index contributed by atoms with van der Waals surface area (Å²) >= 11 is 0. The predicted octanol–water partition coefficient (Wildman–Crippen LogP) is 4.03. The molecule has 7 heteroatoms. The van der Waals surface area contributed by atoms with Crippen LogP contribution in [0.3, 0.4) is 0 Å². The van der Waals surface area contributed by atoms with Gasteiger partial charge in [-0.3, -0.25) is 14.6 Å². The summed E-state index contributed by atoms with van der Waals surface area (Å²) in [4.78, 5) is 31.8. The van der Waals surface area contributed by atoms with Crippen LogP contribution in [0.4, 0.5) is 0 Å². The topological polar surface area (TPSA) is 89.0 Å². The Hall–Kier alpha value is -4.13. The number of benzene rings is 2. The summed E-state index contributed by atoms with van der Waals surface area (Å²) in [5, 5.41) is 11.2. The smallest absolute Gasteiger partial charge is 0.295 e. The van der Waals surface area contributed by atoms with Gasteiger partial charge < -0.3 is 19.5 Å². The van der Waals surface area contributed by atoms with Crippen LogP contribution in [0.1, 0.15) is 28.3 Å². The van der Waals surface area contributed by atoms with Gasteiger partial charge in [-0.05, 0) is 36.2 Å². The molecule has 1 aliphatic heterocycles. The average Bonchev–Trinajstić information content (AvgIpc) is 3.09. The molecular weight excluding hydrogens is 420 g/mol. The zero-order chi connectivity index (χ0) is 23.5. The molecule has 0 aliphatic carbocycles. The van der Waals surface area contributed by atoms with Crippen LogP contribution < -0.4 is 9.47 Å². The zero-order valence-corrected chi connectivity index (χ0v) is 18.6. The zero-order valence-electron chi connectivity index (χ0n) is 18.6. The number of nitrogens with zero attached hydrogens (tertiary/aromatic N) is 2. The van der Waals surface area contributed by atoms with Crippen LogP contribution in [0.15, 0.2) is 72.6 Å². The van der Waals surface area contributed by atoms with E-state index >= 15 is 0 Å². The van der Waals surface area contributed by atoms with E-state index in [0.29, 0.717) is 22.6 Å². The molecule has 1 N–H and O–H groups in total. The molecule has 1 saturated heterocycles. The standard InChI is InChI=1S/C26H24N2O5/c1-16-6-8-18(9-7-16)24(29)22-23(19-10-11-20(32-2)21(13-19)33-3)28(26(31)25(22)30)15-17-5-4-12-27-14-17/h4-14,23,29H,15H2,1-3H3/b24-22-.